The Labute approximate surface area is 112 Å². The van der Waals surface area contributed by atoms with Crippen LogP contribution in [0.4, 0.5) is 0 Å². The zero-order valence-electron chi connectivity index (χ0n) is 10.5. The molecular formula is C14H18BrNO. The van der Waals surface area contributed by atoms with Gasteiger partial charge in [-0.1, -0.05) is 22.0 Å². The molecule has 0 spiro atoms. The maximum Gasteiger partial charge on any atom is 0.125 e. The number of ether oxygens (including phenoxy) is 1. The highest BCUT2D eigenvalue weighted by Crippen LogP contribution is 2.28. The summed E-state index contributed by atoms with van der Waals surface area (Å²) in [5, 5.41) is 3.22. The van der Waals surface area contributed by atoms with Crippen molar-refractivity contribution in [3.05, 3.63) is 28.2 Å². The molecule has 17 heavy (non-hydrogen) atoms. The van der Waals surface area contributed by atoms with E-state index in [-0.39, 0.29) is 6.04 Å². The van der Waals surface area contributed by atoms with Gasteiger partial charge in [0.25, 0.3) is 0 Å². The Morgan fingerprint density at radius 2 is 2.24 bits per heavy atom. The number of nitrogens with one attached hydrogen (secondary N) is 1. The molecule has 0 aromatic heterocycles. The van der Waals surface area contributed by atoms with Crippen LogP contribution in [0.1, 0.15) is 31.9 Å². The molecule has 3 heteroatoms. The Morgan fingerprint density at radius 3 is 2.88 bits per heavy atom. The van der Waals surface area contributed by atoms with Gasteiger partial charge in [-0.2, -0.15) is 0 Å². The van der Waals surface area contributed by atoms with Crippen LogP contribution in [0.25, 0.3) is 0 Å². The first-order chi connectivity index (χ1) is 8.19. The third-order valence-corrected chi connectivity index (χ3v) is 3.03. The van der Waals surface area contributed by atoms with Crippen LogP contribution in [0.15, 0.2) is 22.7 Å². The molecule has 1 unspecified atom stereocenters. The van der Waals surface area contributed by atoms with E-state index in [1.807, 2.05) is 26.1 Å². The van der Waals surface area contributed by atoms with Crippen LogP contribution in [-0.4, -0.2) is 13.7 Å². The van der Waals surface area contributed by atoms with E-state index in [0.717, 1.165) is 16.6 Å². The fraction of sp³-hybridized carbons (Fsp3) is 0.429. The standard InChI is InChI=1S/C14H18BrNO/c1-4-5-6-9-17-14-10-12(15)7-8-13(14)11(2)16-3/h7-8,10-11,16H,6,9H2,1-3H3. The first-order valence-corrected chi connectivity index (χ1v) is 6.47. The molecule has 1 rings (SSSR count). The molecular weight excluding hydrogens is 278 g/mol. The molecule has 0 amide bonds. The summed E-state index contributed by atoms with van der Waals surface area (Å²) in [6.07, 6.45) is 0.760. The summed E-state index contributed by atoms with van der Waals surface area (Å²) in [5.41, 5.74) is 1.17. The lowest BCUT2D eigenvalue weighted by Crippen LogP contribution is -2.14. The molecule has 0 radical (unpaired) electrons. The summed E-state index contributed by atoms with van der Waals surface area (Å²) < 4.78 is 6.80. The van der Waals surface area contributed by atoms with Gasteiger partial charge in [-0.05, 0) is 33.0 Å². The van der Waals surface area contributed by atoms with Crippen LogP contribution in [0.3, 0.4) is 0 Å². The molecule has 1 atom stereocenters. The molecule has 0 fully saturated rings. The topological polar surface area (TPSA) is 21.3 Å². The molecule has 0 bridgehead atoms. The quantitative estimate of drug-likeness (QED) is 0.663. The largest absolute Gasteiger partial charge is 0.492 e. The summed E-state index contributed by atoms with van der Waals surface area (Å²) in [6.45, 7) is 4.58. The van der Waals surface area contributed by atoms with Crippen molar-refractivity contribution in [3.63, 3.8) is 0 Å². The fourth-order valence-electron chi connectivity index (χ4n) is 1.48. The van der Waals surface area contributed by atoms with Gasteiger partial charge in [0.2, 0.25) is 0 Å². The Kier molecular flexibility index (Phi) is 6.10. The molecule has 2 nitrogen and oxygen atoms in total. The minimum Gasteiger partial charge on any atom is -0.492 e. The summed E-state index contributed by atoms with van der Waals surface area (Å²) in [7, 11) is 1.94. The molecule has 0 heterocycles. The van der Waals surface area contributed by atoms with E-state index < -0.39 is 0 Å². The van der Waals surface area contributed by atoms with Gasteiger partial charge in [-0.3, -0.25) is 0 Å². The highest BCUT2D eigenvalue weighted by molar-refractivity contribution is 9.10. The lowest BCUT2D eigenvalue weighted by molar-refractivity contribution is 0.320. The highest BCUT2D eigenvalue weighted by Gasteiger charge is 2.10. The average molecular weight is 296 g/mol. The van der Waals surface area contributed by atoms with Crippen molar-refractivity contribution in [3.8, 4) is 17.6 Å². The number of rotatable bonds is 5. The second-order valence-electron chi connectivity index (χ2n) is 3.72. The molecule has 0 aliphatic carbocycles. The molecule has 1 N–H and O–H groups in total. The van der Waals surface area contributed by atoms with E-state index in [0.29, 0.717) is 6.61 Å². The summed E-state index contributed by atoms with van der Waals surface area (Å²) >= 11 is 3.46. The lowest BCUT2D eigenvalue weighted by Gasteiger charge is -2.16. The normalized spacial score (nSPS) is 11.5. The Bertz CT molecular complexity index is 420. The smallest absolute Gasteiger partial charge is 0.125 e. The van der Waals surface area contributed by atoms with Crippen molar-refractivity contribution in [2.24, 2.45) is 0 Å². The lowest BCUT2D eigenvalue weighted by atomic mass is 10.1. The van der Waals surface area contributed by atoms with Gasteiger partial charge < -0.3 is 10.1 Å². The number of halogens is 1. The molecule has 0 aliphatic heterocycles. The summed E-state index contributed by atoms with van der Waals surface area (Å²) in [4.78, 5) is 0. The van der Waals surface area contributed by atoms with E-state index in [2.05, 4.69) is 46.1 Å². The van der Waals surface area contributed by atoms with Gasteiger partial charge >= 0.3 is 0 Å². The predicted molar refractivity (Wildman–Crippen MR) is 75.2 cm³/mol. The summed E-state index contributed by atoms with van der Waals surface area (Å²) in [6, 6.07) is 6.38. The molecule has 0 saturated heterocycles. The molecule has 0 aliphatic rings. The van der Waals surface area contributed by atoms with E-state index in [9.17, 15) is 0 Å². The van der Waals surface area contributed by atoms with Gasteiger partial charge in [-0.25, -0.2) is 0 Å². The Balaban J connectivity index is 2.78. The second-order valence-corrected chi connectivity index (χ2v) is 4.63. The number of hydrogen-bond acceptors (Lipinski definition) is 2. The maximum absolute atomic E-state index is 5.77. The third kappa shape index (κ3) is 4.41. The first kappa shape index (κ1) is 14.1. The second kappa shape index (κ2) is 7.37. The van der Waals surface area contributed by atoms with Crippen molar-refractivity contribution >= 4 is 15.9 Å². The number of hydrogen-bond donors (Lipinski definition) is 1. The van der Waals surface area contributed by atoms with Crippen LogP contribution in [0.2, 0.25) is 0 Å². The van der Waals surface area contributed by atoms with Gasteiger partial charge in [-0.15, -0.1) is 11.8 Å². The van der Waals surface area contributed by atoms with Crippen LogP contribution < -0.4 is 10.1 Å². The van der Waals surface area contributed by atoms with Gasteiger partial charge in [0.15, 0.2) is 0 Å². The SMILES string of the molecule is CC#CCCOc1cc(Br)ccc1C(C)NC. The highest BCUT2D eigenvalue weighted by atomic mass is 79.9. The van der Waals surface area contributed by atoms with Gasteiger partial charge in [0.1, 0.15) is 5.75 Å². The molecule has 92 valence electrons. The maximum atomic E-state index is 5.77. The van der Waals surface area contributed by atoms with Gasteiger partial charge in [0, 0.05) is 22.5 Å². The predicted octanol–water partition coefficient (Wildman–Crippen LogP) is 3.52. The van der Waals surface area contributed by atoms with Crippen LogP contribution in [0.5, 0.6) is 5.75 Å². The van der Waals surface area contributed by atoms with Crippen molar-refractivity contribution < 1.29 is 4.74 Å². The van der Waals surface area contributed by atoms with Gasteiger partial charge in [0.05, 0.1) is 6.61 Å². The zero-order valence-corrected chi connectivity index (χ0v) is 12.1. The van der Waals surface area contributed by atoms with E-state index in [1.54, 1.807) is 0 Å². The van der Waals surface area contributed by atoms with Crippen LogP contribution in [-0.2, 0) is 0 Å². The van der Waals surface area contributed by atoms with Crippen LogP contribution >= 0.6 is 15.9 Å². The van der Waals surface area contributed by atoms with Crippen molar-refractivity contribution in [1.29, 1.82) is 0 Å². The minimum atomic E-state index is 0.273. The van der Waals surface area contributed by atoms with Crippen molar-refractivity contribution in [2.75, 3.05) is 13.7 Å². The van der Waals surface area contributed by atoms with Crippen LogP contribution in [0, 0.1) is 11.8 Å². The average Bonchev–Trinajstić information content (AvgIpc) is 2.34. The number of benzene rings is 1. The summed E-state index contributed by atoms with van der Waals surface area (Å²) in [5.74, 6) is 6.77. The van der Waals surface area contributed by atoms with Crippen molar-refractivity contribution in [2.45, 2.75) is 26.3 Å². The minimum absolute atomic E-state index is 0.273. The monoisotopic (exact) mass is 295 g/mol. The Morgan fingerprint density at radius 1 is 1.47 bits per heavy atom. The zero-order chi connectivity index (χ0) is 12.7. The Hall–Kier alpha value is -0.980. The van der Waals surface area contributed by atoms with E-state index in [4.69, 9.17) is 4.74 Å². The molecule has 1 aromatic rings. The molecule has 1 aromatic carbocycles. The molecule has 0 saturated carbocycles. The fourth-order valence-corrected chi connectivity index (χ4v) is 1.82. The first-order valence-electron chi connectivity index (χ1n) is 5.68. The van der Waals surface area contributed by atoms with E-state index in [1.165, 1.54) is 5.56 Å². The van der Waals surface area contributed by atoms with Crippen molar-refractivity contribution in [1.82, 2.24) is 5.32 Å². The van der Waals surface area contributed by atoms with E-state index >= 15 is 0 Å². The third-order valence-electron chi connectivity index (χ3n) is 2.54.